The van der Waals surface area contributed by atoms with E-state index in [-0.39, 0.29) is 5.63 Å². The van der Waals surface area contributed by atoms with Crippen LogP contribution in [0, 0.1) is 0 Å². The first-order valence-electron chi connectivity index (χ1n) is 10.6. The van der Waals surface area contributed by atoms with Crippen molar-refractivity contribution in [2.45, 2.75) is 0 Å². The SMILES string of the molecule is O=c1oc2cc3cccc4cc5ccc6cc7cccc8cc1c1c2c(c43)c5c6c1c78. The van der Waals surface area contributed by atoms with E-state index in [2.05, 4.69) is 60.7 Å². The highest BCUT2D eigenvalue weighted by molar-refractivity contribution is 6.49. The lowest BCUT2D eigenvalue weighted by Crippen LogP contribution is -2.03. The Kier molecular flexibility index (Phi) is 2.12. The second kappa shape index (κ2) is 4.45. The van der Waals surface area contributed by atoms with Crippen LogP contribution in [-0.2, 0) is 0 Å². The maximum atomic E-state index is 13.2. The van der Waals surface area contributed by atoms with Crippen molar-refractivity contribution in [2.75, 3.05) is 0 Å². The summed E-state index contributed by atoms with van der Waals surface area (Å²) in [6.07, 6.45) is 0. The highest BCUT2D eigenvalue weighted by atomic mass is 16.4. The lowest BCUT2D eigenvalue weighted by atomic mass is 9.81. The molecule has 0 bridgehead atoms. The van der Waals surface area contributed by atoms with Crippen LogP contribution in [0.3, 0.4) is 0 Å². The van der Waals surface area contributed by atoms with E-state index in [0.717, 1.165) is 21.5 Å². The molecule has 1 aromatic heterocycles. The van der Waals surface area contributed by atoms with Gasteiger partial charge in [-0.15, -0.1) is 0 Å². The van der Waals surface area contributed by atoms with E-state index in [1.165, 1.54) is 53.9 Å². The smallest absolute Gasteiger partial charge is 0.344 e. The molecule has 0 aliphatic carbocycles. The predicted molar refractivity (Wildman–Crippen MR) is 130 cm³/mol. The molecule has 31 heavy (non-hydrogen) atoms. The largest absolute Gasteiger partial charge is 0.422 e. The molecular formula is C29H12O2. The van der Waals surface area contributed by atoms with E-state index >= 15 is 0 Å². The lowest BCUT2D eigenvalue weighted by Gasteiger charge is -2.22. The van der Waals surface area contributed by atoms with Gasteiger partial charge in [0.05, 0.1) is 5.39 Å². The van der Waals surface area contributed by atoms with Gasteiger partial charge in [0, 0.05) is 21.5 Å². The molecule has 0 aliphatic heterocycles. The standard InChI is InChI=1S/C29H12O2/c30-29-19-11-15-5-1-3-13-9-17-7-8-18-10-14-4-2-6-16-12-20(31-29)26-25(19)27(21(13)15)23(17)24(18)28(26)22(14)16/h1-12H. The van der Waals surface area contributed by atoms with Crippen molar-refractivity contribution in [1.29, 1.82) is 0 Å². The fourth-order valence-electron chi connectivity index (χ4n) is 6.34. The molecular weight excluding hydrogens is 380 g/mol. The fraction of sp³-hybridized carbons (Fsp3) is 0. The highest BCUT2D eigenvalue weighted by Gasteiger charge is 2.25. The second-order valence-electron chi connectivity index (χ2n) is 8.86. The van der Waals surface area contributed by atoms with Crippen molar-refractivity contribution >= 4 is 86.4 Å². The van der Waals surface area contributed by atoms with E-state index in [1.807, 2.05) is 12.1 Å². The Balaban J connectivity index is 1.87. The van der Waals surface area contributed by atoms with Gasteiger partial charge in [-0.2, -0.15) is 0 Å². The summed E-state index contributed by atoms with van der Waals surface area (Å²) in [5, 5.41) is 17.4. The van der Waals surface area contributed by atoms with Crippen molar-refractivity contribution in [3.8, 4) is 0 Å². The van der Waals surface area contributed by atoms with E-state index in [1.54, 1.807) is 0 Å². The van der Waals surface area contributed by atoms with Crippen LogP contribution in [0.4, 0.5) is 0 Å². The normalized spacial score (nSPS) is 13.3. The van der Waals surface area contributed by atoms with E-state index in [4.69, 9.17) is 4.42 Å². The number of hydrogen-bond acceptors (Lipinski definition) is 2. The van der Waals surface area contributed by atoms with Crippen LogP contribution in [0.1, 0.15) is 0 Å². The molecule has 0 N–H and O–H groups in total. The van der Waals surface area contributed by atoms with Crippen LogP contribution >= 0.6 is 0 Å². The summed E-state index contributed by atoms with van der Waals surface area (Å²) in [6, 6.07) is 25.9. The second-order valence-corrected chi connectivity index (χ2v) is 8.86. The van der Waals surface area contributed by atoms with Crippen LogP contribution < -0.4 is 5.63 Å². The molecule has 0 saturated carbocycles. The summed E-state index contributed by atoms with van der Waals surface area (Å²) in [4.78, 5) is 13.2. The first kappa shape index (κ1) is 14.8. The summed E-state index contributed by atoms with van der Waals surface area (Å²) in [5.41, 5.74) is 0.426. The molecule has 0 radical (unpaired) electrons. The van der Waals surface area contributed by atoms with Crippen molar-refractivity contribution in [1.82, 2.24) is 0 Å². The number of rotatable bonds is 0. The average molecular weight is 392 g/mol. The van der Waals surface area contributed by atoms with Gasteiger partial charge < -0.3 is 4.42 Å². The third-order valence-electron chi connectivity index (χ3n) is 7.42. The zero-order valence-corrected chi connectivity index (χ0v) is 16.2. The molecule has 0 amide bonds. The van der Waals surface area contributed by atoms with Gasteiger partial charge in [0.1, 0.15) is 5.58 Å². The summed E-state index contributed by atoms with van der Waals surface area (Å²) in [5.74, 6) is 0. The molecule has 0 aliphatic rings. The summed E-state index contributed by atoms with van der Waals surface area (Å²) in [6.45, 7) is 0. The number of hydrogen-bond donors (Lipinski definition) is 0. The van der Waals surface area contributed by atoms with Gasteiger partial charge in [0.15, 0.2) is 0 Å². The molecule has 0 unspecified atom stereocenters. The van der Waals surface area contributed by atoms with Crippen molar-refractivity contribution in [3.63, 3.8) is 0 Å². The molecule has 140 valence electrons. The zero-order chi connectivity index (χ0) is 20.0. The average Bonchev–Trinajstić information content (AvgIpc) is 2.79. The first-order chi connectivity index (χ1) is 15.3. The van der Waals surface area contributed by atoms with Crippen molar-refractivity contribution in [2.24, 2.45) is 0 Å². The third kappa shape index (κ3) is 1.44. The summed E-state index contributed by atoms with van der Waals surface area (Å²) >= 11 is 0. The topological polar surface area (TPSA) is 30.2 Å². The van der Waals surface area contributed by atoms with Crippen LogP contribution in [-0.4, -0.2) is 0 Å². The molecule has 1 heterocycles. The summed E-state index contributed by atoms with van der Waals surface area (Å²) in [7, 11) is 0. The monoisotopic (exact) mass is 392 g/mol. The van der Waals surface area contributed by atoms with Crippen molar-refractivity contribution in [3.05, 3.63) is 83.2 Å². The van der Waals surface area contributed by atoms with Crippen LogP contribution in [0.25, 0.3) is 86.4 Å². The minimum Gasteiger partial charge on any atom is -0.422 e. The summed E-state index contributed by atoms with van der Waals surface area (Å²) < 4.78 is 5.95. The predicted octanol–water partition coefficient (Wildman–Crippen LogP) is 7.62. The number of benzene rings is 8. The Bertz CT molecular complexity index is 2210. The molecule has 0 atom stereocenters. The van der Waals surface area contributed by atoms with Gasteiger partial charge >= 0.3 is 5.63 Å². The van der Waals surface area contributed by atoms with Gasteiger partial charge in [0.2, 0.25) is 0 Å². The van der Waals surface area contributed by atoms with Gasteiger partial charge in [-0.3, -0.25) is 0 Å². The van der Waals surface area contributed by atoms with E-state index < -0.39 is 0 Å². The molecule has 9 rings (SSSR count). The molecule has 8 aromatic carbocycles. The lowest BCUT2D eigenvalue weighted by molar-refractivity contribution is 0.570. The van der Waals surface area contributed by atoms with Gasteiger partial charge in [-0.05, 0) is 78.1 Å². The Morgan fingerprint density at radius 1 is 0.452 bits per heavy atom. The molecule has 0 fully saturated rings. The quantitative estimate of drug-likeness (QED) is 0.151. The highest BCUT2D eigenvalue weighted by Crippen LogP contribution is 2.51. The fourth-order valence-corrected chi connectivity index (χ4v) is 6.34. The maximum absolute atomic E-state index is 13.2. The molecule has 0 saturated heterocycles. The Morgan fingerprint density at radius 2 is 0.968 bits per heavy atom. The van der Waals surface area contributed by atoms with E-state index in [0.29, 0.717) is 11.0 Å². The van der Waals surface area contributed by atoms with Crippen LogP contribution in [0.5, 0.6) is 0 Å². The van der Waals surface area contributed by atoms with Gasteiger partial charge in [-0.25, -0.2) is 4.79 Å². The van der Waals surface area contributed by atoms with E-state index in [9.17, 15) is 4.79 Å². The Labute approximate surface area is 174 Å². The third-order valence-corrected chi connectivity index (χ3v) is 7.42. The zero-order valence-electron chi connectivity index (χ0n) is 16.2. The van der Waals surface area contributed by atoms with Gasteiger partial charge in [-0.1, -0.05) is 48.5 Å². The van der Waals surface area contributed by atoms with Gasteiger partial charge in [0.25, 0.3) is 0 Å². The van der Waals surface area contributed by atoms with Crippen LogP contribution in [0.15, 0.2) is 82.0 Å². The van der Waals surface area contributed by atoms with Crippen LogP contribution in [0.2, 0.25) is 0 Å². The molecule has 9 aromatic rings. The molecule has 2 nitrogen and oxygen atoms in total. The molecule has 2 heteroatoms. The van der Waals surface area contributed by atoms with Crippen molar-refractivity contribution < 1.29 is 4.42 Å². The minimum absolute atomic E-state index is 0.258. The Morgan fingerprint density at radius 3 is 1.61 bits per heavy atom. The maximum Gasteiger partial charge on any atom is 0.344 e. The first-order valence-corrected chi connectivity index (χ1v) is 10.6. The Hall–Kier alpha value is -4.17. The minimum atomic E-state index is -0.258. The molecule has 0 spiro atoms.